The van der Waals surface area contributed by atoms with E-state index in [9.17, 15) is 9.59 Å². The summed E-state index contributed by atoms with van der Waals surface area (Å²) in [5.74, 6) is 0.476. The standard InChI is InChI=1S/C18H25N3O2/c1-3-14-9-15(5-4-12(14)2)20-18(23)19-10-13-8-17(22)21(11-13)16-6-7-16/h4-5,9,13,16H,3,6-8,10-11H2,1-2H3,(H2,19,20,23)/t13-/m1/s1. The van der Waals surface area contributed by atoms with E-state index in [0.29, 0.717) is 19.0 Å². The fourth-order valence-corrected chi connectivity index (χ4v) is 3.23. The number of likely N-dealkylation sites (tertiary alicyclic amines) is 1. The molecule has 2 aliphatic rings. The Kier molecular flexibility index (Phi) is 4.55. The molecule has 5 heteroatoms. The van der Waals surface area contributed by atoms with Crippen LogP contribution in [-0.2, 0) is 11.2 Å². The van der Waals surface area contributed by atoms with Gasteiger partial charge in [-0.15, -0.1) is 0 Å². The molecule has 3 amide bonds. The maximum Gasteiger partial charge on any atom is 0.319 e. The first-order chi connectivity index (χ1) is 11.1. The van der Waals surface area contributed by atoms with Crippen LogP contribution in [0.1, 0.15) is 37.3 Å². The lowest BCUT2D eigenvalue weighted by Crippen LogP contribution is -2.34. The largest absolute Gasteiger partial charge is 0.339 e. The Hall–Kier alpha value is -2.04. The zero-order chi connectivity index (χ0) is 16.4. The minimum Gasteiger partial charge on any atom is -0.339 e. The quantitative estimate of drug-likeness (QED) is 0.877. The van der Waals surface area contributed by atoms with E-state index in [1.165, 1.54) is 11.1 Å². The minimum atomic E-state index is -0.201. The number of rotatable bonds is 5. The van der Waals surface area contributed by atoms with E-state index >= 15 is 0 Å². The maximum atomic E-state index is 12.0. The van der Waals surface area contributed by atoms with Gasteiger partial charge in [0.15, 0.2) is 0 Å². The summed E-state index contributed by atoms with van der Waals surface area (Å²) in [5, 5.41) is 5.77. The van der Waals surface area contributed by atoms with E-state index in [1.54, 1.807) is 0 Å². The van der Waals surface area contributed by atoms with Gasteiger partial charge in [-0.1, -0.05) is 13.0 Å². The molecule has 1 saturated heterocycles. The summed E-state index contributed by atoms with van der Waals surface area (Å²) in [6, 6.07) is 6.23. The Morgan fingerprint density at radius 1 is 1.35 bits per heavy atom. The van der Waals surface area contributed by atoms with Gasteiger partial charge in [0.2, 0.25) is 5.91 Å². The summed E-state index contributed by atoms with van der Waals surface area (Å²) in [4.78, 5) is 25.9. The maximum absolute atomic E-state index is 12.0. The molecule has 0 spiro atoms. The topological polar surface area (TPSA) is 61.4 Å². The van der Waals surface area contributed by atoms with Crippen molar-refractivity contribution in [1.82, 2.24) is 10.2 Å². The predicted molar refractivity (Wildman–Crippen MR) is 90.4 cm³/mol. The van der Waals surface area contributed by atoms with E-state index in [0.717, 1.165) is 31.5 Å². The van der Waals surface area contributed by atoms with Crippen molar-refractivity contribution < 1.29 is 9.59 Å². The highest BCUT2D eigenvalue weighted by atomic mass is 16.2. The van der Waals surface area contributed by atoms with Crippen LogP contribution in [0.25, 0.3) is 0 Å². The van der Waals surface area contributed by atoms with E-state index in [2.05, 4.69) is 24.5 Å². The number of carbonyl (C=O) groups is 2. The Morgan fingerprint density at radius 2 is 2.13 bits per heavy atom. The van der Waals surface area contributed by atoms with Crippen molar-refractivity contribution >= 4 is 17.6 Å². The fourth-order valence-electron chi connectivity index (χ4n) is 3.23. The van der Waals surface area contributed by atoms with Crippen molar-refractivity contribution in [3.8, 4) is 0 Å². The highest BCUT2D eigenvalue weighted by Crippen LogP contribution is 2.32. The molecule has 2 N–H and O–H groups in total. The number of urea groups is 1. The number of nitrogens with one attached hydrogen (secondary N) is 2. The number of hydrogen-bond acceptors (Lipinski definition) is 2. The first-order valence-electron chi connectivity index (χ1n) is 8.50. The van der Waals surface area contributed by atoms with Crippen LogP contribution in [0.3, 0.4) is 0 Å². The van der Waals surface area contributed by atoms with Crippen LogP contribution in [-0.4, -0.2) is 36.0 Å². The van der Waals surface area contributed by atoms with Gasteiger partial charge in [0.25, 0.3) is 0 Å². The number of benzene rings is 1. The van der Waals surface area contributed by atoms with Crippen molar-refractivity contribution in [2.45, 2.75) is 45.6 Å². The summed E-state index contributed by atoms with van der Waals surface area (Å²) >= 11 is 0. The van der Waals surface area contributed by atoms with Crippen molar-refractivity contribution in [1.29, 1.82) is 0 Å². The third-order valence-corrected chi connectivity index (χ3v) is 4.77. The zero-order valence-corrected chi connectivity index (χ0v) is 13.9. The van der Waals surface area contributed by atoms with E-state index < -0.39 is 0 Å². The van der Waals surface area contributed by atoms with Crippen molar-refractivity contribution in [3.63, 3.8) is 0 Å². The van der Waals surface area contributed by atoms with Gasteiger partial charge in [-0.05, 0) is 49.4 Å². The van der Waals surface area contributed by atoms with Crippen molar-refractivity contribution in [3.05, 3.63) is 29.3 Å². The Bertz CT molecular complexity index is 610. The molecule has 1 aromatic rings. The number of anilines is 1. The average Bonchev–Trinajstić information content (AvgIpc) is 3.30. The highest BCUT2D eigenvalue weighted by molar-refractivity contribution is 5.89. The first kappa shape index (κ1) is 15.8. The summed E-state index contributed by atoms with van der Waals surface area (Å²) in [5.41, 5.74) is 3.29. The molecule has 1 heterocycles. The molecule has 1 saturated carbocycles. The lowest BCUT2D eigenvalue weighted by Gasteiger charge is -2.16. The SMILES string of the molecule is CCc1cc(NC(=O)NC[C@H]2CC(=O)N(C3CC3)C2)ccc1C. The van der Waals surface area contributed by atoms with Crippen LogP contribution in [0.2, 0.25) is 0 Å². The number of hydrogen-bond donors (Lipinski definition) is 2. The summed E-state index contributed by atoms with van der Waals surface area (Å²) < 4.78 is 0. The number of nitrogens with zero attached hydrogens (tertiary/aromatic N) is 1. The normalized spacial score (nSPS) is 20.7. The summed E-state index contributed by atoms with van der Waals surface area (Å²) in [7, 11) is 0. The molecule has 0 unspecified atom stereocenters. The van der Waals surface area contributed by atoms with Gasteiger partial charge in [-0.25, -0.2) is 4.79 Å². The van der Waals surface area contributed by atoms with E-state index in [1.807, 2.05) is 23.1 Å². The summed E-state index contributed by atoms with van der Waals surface area (Å²) in [6.45, 7) is 5.52. The molecule has 1 aliphatic carbocycles. The van der Waals surface area contributed by atoms with Crippen molar-refractivity contribution in [2.24, 2.45) is 5.92 Å². The monoisotopic (exact) mass is 315 g/mol. The second-order valence-corrected chi connectivity index (χ2v) is 6.68. The predicted octanol–water partition coefficient (Wildman–Crippen LogP) is 2.69. The Morgan fingerprint density at radius 3 is 2.83 bits per heavy atom. The van der Waals surface area contributed by atoms with Crippen LogP contribution in [0.5, 0.6) is 0 Å². The molecular formula is C18H25N3O2. The van der Waals surface area contributed by atoms with E-state index in [4.69, 9.17) is 0 Å². The number of carbonyl (C=O) groups excluding carboxylic acids is 2. The third-order valence-electron chi connectivity index (χ3n) is 4.77. The molecule has 1 aliphatic heterocycles. The second kappa shape index (κ2) is 6.60. The van der Waals surface area contributed by atoms with Crippen LogP contribution in [0.15, 0.2) is 18.2 Å². The fraction of sp³-hybridized carbons (Fsp3) is 0.556. The molecule has 3 rings (SSSR count). The van der Waals surface area contributed by atoms with Gasteiger partial charge in [-0.2, -0.15) is 0 Å². The average molecular weight is 315 g/mol. The van der Waals surface area contributed by atoms with Crippen LogP contribution >= 0.6 is 0 Å². The Balaban J connectivity index is 1.47. The zero-order valence-electron chi connectivity index (χ0n) is 13.9. The first-order valence-corrected chi connectivity index (χ1v) is 8.50. The third kappa shape index (κ3) is 3.84. The molecular weight excluding hydrogens is 290 g/mol. The molecule has 1 aromatic carbocycles. The number of aryl methyl sites for hydroxylation is 2. The molecule has 124 valence electrons. The smallest absolute Gasteiger partial charge is 0.319 e. The van der Waals surface area contributed by atoms with Gasteiger partial charge in [0.1, 0.15) is 0 Å². The summed E-state index contributed by atoms with van der Waals surface area (Å²) in [6.07, 6.45) is 3.78. The molecule has 1 atom stereocenters. The molecule has 0 bridgehead atoms. The van der Waals surface area contributed by atoms with Crippen LogP contribution in [0, 0.1) is 12.8 Å². The van der Waals surface area contributed by atoms with Gasteiger partial charge >= 0.3 is 6.03 Å². The molecule has 0 radical (unpaired) electrons. The lowest BCUT2D eigenvalue weighted by molar-refractivity contribution is -0.128. The molecule has 2 fully saturated rings. The van der Waals surface area contributed by atoms with Crippen LogP contribution in [0.4, 0.5) is 10.5 Å². The second-order valence-electron chi connectivity index (χ2n) is 6.68. The minimum absolute atomic E-state index is 0.201. The molecule has 5 nitrogen and oxygen atoms in total. The van der Waals surface area contributed by atoms with Crippen molar-refractivity contribution in [2.75, 3.05) is 18.4 Å². The number of amides is 3. The molecule has 0 aromatic heterocycles. The highest BCUT2D eigenvalue weighted by Gasteiger charge is 2.39. The van der Waals surface area contributed by atoms with Gasteiger partial charge in [0, 0.05) is 37.2 Å². The van der Waals surface area contributed by atoms with Crippen LogP contribution < -0.4 is 10.6 Å². The molecule has 23 heavy (non-hydrogen) atoms. The van der Waals surface area contributed by atoms with Gasteiger partial charge in [0.05, 0.1) is 0 Å². The van der Waals surface area contributed by atoms with Gasteiger partial charge < -0.3 is 15.5 Å². The lowest BCUT2D eigenvalue weighted by atomic mass is 10.1. The van der Waals surface area contributed by atoms with E-state index in [-0.39, 0.29) is 17.9 Å². The van der Waals surface area contributed by atoms with Gasteiger partial charge in [-0.3, -0.25) is 4.79 Å². The Labute approximate surface area is 137 Å².